The van der Waals surface area contributed by atoms with Crippen LogP contribution in [0.5, 0.6) is 0 Å². The lowest BCUT2D eigenvalue weighted by molar-refractivity contribution is 0.172. The van der Waals surface area contributed by atoms with Crippen LogP contribution in [-0.4, -0.2) is 33.9 Å². The lowest BCUT2D eigenvalue weighted by Gasteiger charge is -2.10. The minimum absolute atomic E-state index is 0.597. The number of imidazole rings is 1. The molecule has 0 aliphatic carbocycles. The molecule has 0 saturated carbocycles. The summed E-state index contributed by atoms with van der Waals surface area (Å²) in [5.74, 6) is 0.597. The molecule has 0 atom stereocenters. The Kier molecular flexibility index (Phi) is 3.15. The molecule has 2 rings (SSSR count). The average Bonchev–Trinajstić information content (AvgIpc) is 2.58. The van der Waals surface area contributed by atoms with E-state index in [4.69, 9.17) is 0 Å². The van der Waals surface area contributed by atoms with Gasteiger partial charge in [0.2, 0.25) is 0 Å². The van der Waals surface area contributed by atoms with Crippen molar-refractivity contribution in [2.24, 2.45) is 0 Å². The largest absolute Gasteiger partial charge is 0.427 e. The molecule has 1 heterocycles. The van der Waals surface area contributed by atoms with Crippen LogP contribution in [0.15, 0.2) is 30.3 Å². The van der Waals surface area contributed by atoms with Crippen molar-refractivity contribution in [3.63, 3.8) is 0 Å². The molecule has 0 aliphatic rings. The van der Waals surface area contributed by atoms with Crippen molar-refractivity contribution in [2.75, 3.05) is 14.1 Å². The molecule has 1 aromatic carbocycles. The number of hydrogen-bond donors (Lipinski definition) is 1. The number of aryl methyl sites for hydroxylation is 1. The topological polar surface area (TPSA) is 41.3 Å². The molecule has 0 saturated heterocycles. The molecule has 0 fully saturated rings. The van der Waals surface area contributed by atoms with Gasteiger partial charge in [0.05, 0.1) is 11.4 Å². The molecule has 4 nitrogen and oxygen atoms in total. The van der Waals surface area contributed by atoms with E-state index in [1.807, 2.05) is 56.3 Å². The van der Waals surface area contributed by atoms with E-state index in [0.717, 1.165) is 17.0 Å². The lowest BCUT2D eigenvalue weighted by Crippen LogP contribution is -2.14. The fourth-order valence-corrected chi connectivity index (χ4v) is 1.81. The first-order valence-corrected chi connectivity index (χ1v) is 5.57. The summed E-state index contributed by atoms with van der Waals surface area (Å²) in [5, 5.41) is 10.1. The predicted molar refractivity (Wildman–Crippen MR) is 67.0 cm³/mol. The molecule has 0 radical (unpaired) electrons. The third-order valence-electron chi connectivity index (χ3n) is 2.65. The zero-order chi connectivity index (χ0) is 12.4. The molecule has 0 bridgehead atoms. The summed E-state index contributed by atoms with van der Waals surface area (Å²) >= 11 is 0. The van der Waals surface area contributed by atoms with Crippen molar-refractivity contribution in [3.8, 4) is 11.4 Å². The van der Waals surface area contributed by atoms with Crippen LogP contribution in [0.3, 0.4) is 0 Å². The van der Waals surface area contributed by atoms with E-state index in [-0.39, 0.29) is 0 Å². The van der Waals surface area contributed by atoms with Crippen LogP contribution >= 0.6 is 0 Å². The molecular formula is C13H17N3O. The van der Waals surface area contributed by atoms with Crippen LogP contribution in [0, 0.1) is 6.92 Å². The number of aromatic nitrogens is 2. The van der Waals surface area contributed by atoms with E-state index < -0.39 is 0 Å². The maximum absolute atomic E-state index is 10.1. The molecular weight excluding hydrogens is 214 g/mol. The summed E-state index contributed by atoms with van der Waals surface area (Å²) in [6, 6.07) is 9.69. The molecule has 0 aliphatic heterocycles. The van der Waals surface area contributed by atoms with Crippen molar-refractivity contribution in [2.45, 2.75) is 13.5 Å². The normalized spacial score (nSPS) is 11.1. The summed E-state index contributed by atoms with van der Waals surface area (Å²) in [6.45, 7) is 2.58. The first kappa shape index (κ1) is 11.7. The van der Waals surface area contributed by atoms with Crippen LogP contribution in [0.2, 0.25) is 0 Å². The van der Waals surface area contributed by atoms with Gasteiger partial charge >= 0.3 is 0 Å². The number of rotatable bonds is 3. The standard InChI is InChI=1S/C13H17N3O/c1-10-12(9-15(2)3)16(17)13(14-10)11-7-5-4-6-8-11/h4-8,17H,9H2,1-3H3. The smallest absolute Gasteiger partial charge is 0.175 e. The minimum Gasteiger partial charge on any atom is -0.427 e. The minimum atomic E-state index is 0.597. The van der Waals surface area contributed by atoms with Gasteiger partial charge in [-0.25, -0.2) is 4.98 Å². The van der Waals surface area contributed by atoms with Gasteiger partial charge in [-0.05, 0) is 21.0 Å². The predicted octanol–water partition coefficient (Wildman–Crippen LogP) is 2.16. The Hall–Kier alpha value is -1.81. The van der Waals surface area contributed by atoms with E-state index in [1.54, 1.807) is 0 Å². The molecule has 1 N–H and O–H groups in total. The van der Waals surface area contributed by atoms with Gasteiger partial charge in [-0.3, -0.25) is 0 Å². The van der Waals surface area contributed by atoms with Crippen molar-refractivity contribution < 1.29 is 5.21 Å². The van der Waals surface area contributed by atoms with Crippen molar-refractivity contribution in [1.29, 1.82) is 0 Å². The second-order valence-electron chi connectivity index (χ2n) is 4.38. The molecule has 0 unspecified atom stereocenters. The van der Waals surface area contributed by atoms with Crippen molar-refractivity contribution in [3.05, 3.63) is 41.7 Å². The molecule has 0 amide bonds. The summed E-state index contributed by atoms with van der Waals surface area (Å²) in [4.78, 5) is 6.43. The highest BCUT2D eigenvalue weighted by Gasteiger charge is 2.15. The van der Waals surface area contributed by atoms with E-state index in [2.05, 4.69) is 4.98 Å². The van der Waals surface area contributed by atoms with Crippen LogP contribution in [0.25, 0.3) is 11.4 Å². The van der Waals surface area contributed by atoms with Gasteiger partial charge < -0.3 is 10.1 Å². The van der Waals surface area contributed by atoms with Crippen LogP contribution in [0.1, 0.15) is 11.4 Å². The zero-order valence-electron chi connectivity index (χ0n) is 10.4. The van der Waals surface area contributed by atoms with Gasteiger partial charge in [0.1, 0.15) is 0 Å². The number of benzene rings is 1. The Bertz CT molecular complexity index is 503. The molecule has 1 aromatic heterocycles. The molecule has 0 spiro atoms. The summed E-state index contributed by atoms with van der Waals surface area (Å²) in [6.07, 6.45) is 0. The molecule has 4 heteroatoms. The fourth-order valence-electron chi connectivity index (χ4n) is 1.81. The van der Waals surface area contributed by atoms with E-state index in [1.165, 1.54) is 4.73 Å². The zero-order valence-corrected chi connectivity index (χ0v) is 10.4. The first-order chi connectivity index (χ1) is 8.09. The second kappa shape index (κ2) is 4.59. The number of nitrogens with zero attached hydrogens (tertiary/aromatic N) is 3. The summed E-state index contributed by atoms with van der Waals surface area (Å²) < 4.78 is 1.19. The fraction of sp³-hybridized carbons (Fsp3) is 0.308. The number of hydrogen-bond acceptors (Lipinski definition) is 3. The second-order valence-corrected chi connectivity index (χ2v) is 4.38. The molecule has 17 heavy (non-hydrogen) atoms. The molecule has 90 valence electrons. The Morgan fingerprint density at radius 1 is 1.24 bits per heavy atom. The maximum atomic E-state index is 10.1. The maximum Gasteiger partial charge on any atom is 0.175 e. The SMILES string of the molecule is Cc1nc(-c2ccccc2)n(O)c1CN(C)C. The van der Waals surface area contributed by atoms with Gasteiger partial charge in [0, 0.05) is 12.1 Å². The Balaban J connectivity index is 2.44. The third kappa shape index (κ3) is 2.31. The Labute approximate surface area is 101 Å². The quantitative estimate of drug-likeness (QED) is 0.823. The van der Waals surface area contributed by atoms with Crippen LogP contribution in [-0.2, 0) is 6.54 Å². The Morgan fingerprint density at radius 2 is 1.88 bits per heavy atom. The molecule has 2 aromatic rings. The van der Waals surface area contributed by atoms with E-state index in [9.17, 15) is 5.21 Å². The van der Waals surface area contributed by atoms with Gasteiger partial charge in [0.25, 0.3) is 0 Å². The van der Waals surface area contributed by atoms with Crippen LogP contribution in [0.4, 0.5) is 0 Å². The van der Waals surface area contributed by atoms with Gasteiger partial charge in [0.15, 0.2) is 5.82 Å². The average molecular weight is 231 g/mol. The van der Waals surface area contributed by atoms with Crippen LogP contribution < -0.4 is 0 Å². The summed E-state index contributed by atoms with van der Waals surface area (Å²) in [5.41, 5.74) is 2.61. The highest BCUT2D eigenvalue weighted by atomic mass is 16.5. The highest BCUT2D eigenvalue weighted by Crippen LogP contribution is 2.21. The van der Waals surface area contributed by atoms with Gasteiger partial charge in [-0.1, -0.05) is 30.3 Å². The third-order valence-corrected chi connectivity index (χ3v) is 2.65. The van der Waals surface area contributed by atoms with Crippen molar-refractivity contribution in [1.82, 2.24) is 14.6 Å². The van der Waals surface area contributed by atoms with Crippen molar-refractivity contribution >= 4 is 0 Å². The highest BCUT2D eigenvalue weighted by molar-refractivity contribution is 5.56. The lowest BCUT2D eigenvalue weighted by atomic mass is 10.2. The summed E-state index contributed by atoms with van der Waals surface area (Å²) in [7, 11) is 3.93. The first-order valence-electron chi connectivity index (χ1n) is 5.57. The van der Waals surface area contributed by atoms with E-state index in [0.29, 0.717) is 12.4 Å². The van der Waals surface area contributed by atoms with Gasteiger partial charge in [-0.2, -0.15) is 4.73 Å². The Morgan fingerprint density at radius 3 is 2.47 bits per heavy atom. The monoisotopic (exact) mass is 231 g/mol. The van der Waals surface area contributed by atoms with E-state index >= 15 is 0 Å². The van der Waals surface area contributed by atoms with Gasteiger partial charge in [-0.15, -0.1) is 0 Å².